The zero-order valence-corrected chi connectivity index (χ0v) is 10.3. The minimum Gasteiger partial charge on any atom is -0.282 e. The molecule has 2 aromatic rings. The van der Waals surface area contributed by atoms with Crippen molar-refractivity contribution in [1.82, 2.24) is 14.3 Å². The number of hydrogen-bond acceptors (Lipinski definition) is 2. The van der Waals surface area contributed by atoms with E-state index in [-0.39, 0.29) is 5.69 Å². The molecule has 0 aliphatic rings. The van der Waals surface area contributed by atoms with Gasteiger partial charge < -0.3 is 0 Å². The molecule has 90 valence electrons. The van der Waals surface area contributed by atoms with Crippen LogP contribution in [0.1, 0.15) is 25.6 Å². The van der Waals surface area contributed by atoms with Crippen LogP contribution in [0.2, 0.25) is 0 Å². The molecule has 0 radical (unpaired) electrons. The molecule has 0 aliphatic heterocycles. The lowest BCUT2D eigenvalue weighted by Crippen LogP contribution is -2.21. The first-order valence-corrected chi connectivity index (χ1v) is 5.94. The van der Waals surface area contributed by atoms with E-state index in [1.807, 2.05) is 30.3 Å². The zero-order chi connectivity index (χ0) is 12.3. The first kappa shape index (κ1) is 11.6. The first-order valence-electron chi connectivity index (χ1n) is 5.94. The Balaban J connectivity index is 2.40. The normalized spacial score (nSPS) is 10.7. The highest BCUT2D eigenvalue weighted by molar-refractivity contribution is 5.29. The highest BCUT2D eigenvalue weighted by Crippen LogP contribution is 2.05. The van der Waals surface area contributed by atoms with Crippen molar-refractivity contribution in [3.8, 4) is 5.69 Å². The average Bonchev–Trinajstić information content (AvgIpc) is 2.65. The number of aromatic nitrogens is 3. The van der Waals surface area contributed by atoms with Gasteiger partial charge in [0.25, 0.3) is 0 Å². The number of para-hydroxylation sites is 1. The van der Waals surface area contributed by atoms with Gasteiger partial charge in [0.1, 0.15) is 5.82 Å². The van der Waals surface area contributed by atoms with E-state index in [2.05, 4.69) is 12.0 Å². The molecule has 0 bridgehead atoms. The molecule has 1 heterocycles. The summed E-state index contributed by atoms with van der Waals surface area (Å²) in [7, 11) is 1.78. The second kappa shape index (κ2) is 4.99. The number of unbranched alkanes of at least 4 members (excludes halogenated alkanes) is 1. The van der Waals surface area contributed by atoms with Crippen LogP contribution in [0.25, 0.3) is 5.69 Å². The maximum absolute atomic E-state index is 12.0. The Morgan fingerprint density at radius 3 is 2.59 bits per heavy atom. The second-order valence-electron chi connectivity index (χ2n) is 4.11. The molecule has 0 saturated carbocycles. The number of rotatable bonds is 4. The lowest BCUT2D eigenvalue weighted by Gasteiger charge is -1.97. The number of hydrogen-bond donors (Lipinski definition) is 0. The fourth-order valence-corrected chi connectivity index (χ4v) is 1.77. The summed E-state index contributed by atoms with van der Waals surface area (Å²) in [5.74, 6) is 0.848. The van der Waals surface area contributed by atoms with Crippen LogP contribution in [0, 0.1) is 0 Å². The van der Waals surface area contributed by atoms with Crippen LogP contribution < -0.4 is 5.69 Å². The molecule has 0 spiro atoms. The smallest absolute Gasteiger partial charge is 0.282 e. The van der Waals surface area contributed by atoms with Crippen LogP contribution in [0.3, 0.4) is 0 Å². The highest BCUT2D eigenvalue weighted by Gasteiger charge is 2.10. The van der Waals surface area contributed by atoms with E-state index in [0.29, 0.717) is 0 Å². The van der Waals surface area contributed by atoms with E-state index in [0.717, 1.165) is 30.8 Å². The fourth-order valence-electron chi connectivity index (χ4n) is 1.77. The van der Waals surface area contributed by atoms with Crippen LogP contribution in [-0.4, -0.2) is 14.3 Å². The third-order valence-electron chi connectivity index (χ3n) is 2.83. The Morgan fingerprint density at radius 1 is 1.24 bits per heavy atom. The molecule has 1 aromatic carbocycles. The number of aryl methyl sites for hydroxylation is 1. The molecule has 1 aromatic heterocycles. The summed E-state index contributed by atoms with van der Waals surface area (Å²) in [5, 5.41) is 4.38. The van der Waals surface area contributed by atoms with Gasteiger partial charge >= 0.3 is 5.69 Å². The first-order chi connectivity index (χ1) is 8.24. The molecule has 0 unspecified atom stereocenters. The lowest BCUT2D eigenvalue weighted by atomic mass is 10.2. The molecule has 4 heteroatoms. The fraction of sp³-hybridized carbons (Fsp3) is 0.385. The van der Waals surface area contributed by atoms with Gasteiger partial charge in [-0.2, -0.15) is 4.68 Å². The van der Waals surface area contributed by atoms with Gasteiger partial charge in [-0.3, -0.25) is 4.57 Å². The summed E-state index contributed by atoms with van der Waals surface area (Å²) in [6, 6.07) is 9.51. The number of benzene rings is 1. The van der Waals surface area contributed by atoms with E-state index < -0.39 is 0 Å². The SMILES string of the molecule is CCCCc1nn(-c2ccccc2)c(=O)n1C. The molecule has 0 fully saturated rings. The molecule has 2 rings (SSSR count). The van der Waals surface area contributed by atoms with Gasteiger partial charge in [-0.05, 0) is 18.6 Å². The summed E-state index contributed by atoms with van der Waals surface area (Å²) in [4.78, 5) is 12.0. The van der Waals surface area contributed by atoms with E-state index >= 15 is 0 Å². The Labute approximate surface area is 101 Å². The Hall–Kier alpha value is -1.84. The molecular formula is C13H17N3O. The van der Waals surface area contributed by atoms with Crippen molar-refractivity contribution >= 4 is 0 Å². The van der Waals surface area contributed by atoms with E-state index in [9.17, 15) is 4.79 Å². The topological polar surface area (TPSA) is 39.8 Å². The van der Waals surface area contributed by atoms with E-state index in [1.54, 1.807) is 11.6 Å². The molecular weight excluding hydrogens is 214 g/mol. The molecule has 4 nitrogen and oxygen atoms in total. The van der Waals surface area contributed by atoms with Gasteiger partial charge in [-0.1, -0.05) is 31.5 Å². The van der Waals surface area contributed by atoms with Crippen LogP contribution in [0.15, 0.2) is 35.1 Å². The summed E-state index contributed by atoms with van der Waals surface area (Å²) >= 11 is 0. The average molecular weight is 231 g/mol. The predicted octanol–water partition coefficient (Wildman–Crippen LogP) is 1.91. The van der Waals surface area contributed by atoms with Crippen LogP contribution >= 0.6 is 0 Å². The van der Waals surface area contributed by atoms with Gasteiger partial charge in [-0.15, -0.1) is 5.10 Å². The summed E-state index contributed by atoms with van der Waals surface area (Å²) < 4.78 is 3.09. The molecule has 0 N–H and O–H groups in total. The van der Waals surface area contributed by atoms with Gasteiger partial charge in [0.05, 0.1) is 5.69 Å². The van der Waals surface area contributed by atoms with Crippen molar-refractivity contribution < 1.29 is 0 Å². The standard InChI is InChI=1S/C13H17N3O/c1-3-4-10-12-14-16(13(17)15(12)2)11-8-6-5-7-9-11/h5-9H,3-4,10H2,1-2H3. The molecule has 0 saturated heterocycles. The van der Waals surface area contributed by atoms with Crippen molar-refractivity contribution in [3.05, 3.63) is 46.6 Å². The molecule has 0 atom stereocenters. The largest absolute Gasteiger partial charge is 0.350 e. The summed E-state index contributed by atoms with van der Waals surface area (Å²) in [6.45, 7) is 2.13. The van der Waals surface area contributed by atoms with Gasteiger partial charge in [0.15, 0.2) is 0 Å². The van der Waals surface area contributed by atoms with Crippen LogP contribution in [-0.2, 0) is 13.5 Å². The Morgan fingerprint density at radius 2 is 1.94 bits per heavy atom. The monoisotopic (exact) mass is 231 g/mol. The van der Waals surface area contributed by atoms with Gasteiger partial charge in [0, 0.05) is 13.5 Å². The van der Waals surface area contributed by atoms with Crippen molar-refractivity contribution in [2.45, 2.75) is 26.2 Å². The Bertz CT molecular complexity index is 540. The Kier molecular flexibility index (Phi) is 3.42. The van der Waals surface area contributed by atoms with Gasteiger partial charge in [0.2, 0.25) is 0 Å². The minimum absolute atomic E-state index is 0.0812. The zero-order valence-electron chi connectivity index (χ0n) is 10.3. The summed E-state index contributed by atoms with van der Waals surface area (Å²) in [6.07, 6.45) is 3.01. The van der Waals surface area contributed by atoms with Crippen LogP contribution in [0.4, 0.5) is 0 Å². The van der Waals surface area contributed by atoms with Crippen molar-refractivity contribution in [3.63, 3.8) is 0 Å². The van der Waals surface area contributed by atoms with Crippen molar-refractivity contribution in [1.29, 1.82) is 0 Å². The number of nitrogens with zero attached hydrogens (tertiary/aromatic N) is 3. The third-order valence-corrected chi connectivity index (χ3v) is 2.83. The van der Waals surface area contributed by atoms with Gasteiger partial charge in [-0.25, -0.2) is 4.79 Å². The quantitative estimate of drug-likeness (QED) is 0.806. The predicted molar refractivity (Wildman–Crippen MR) is 67.4 cm³/mol. The lowest BCUT2D eigenvalue weighted by molar-refractivity contribution is 0.702. The van der Waals surface area contributed by atoms with E-state index in [4.69, 9.17) is 0 Å². The van der Waals surface area contributed by atoms with Crippen molar-refractivity contribution in [2.24, 2.45) is 7.05 Å². The molecule has 0 amide bonds. The van der Waals surface area contributed by atoms with Crippen molar-refractivity contribution in [2.75, 3.05) is 0 Å². The summed E-state index contributed by atoms with van der Waals surface area (Å²) in [5.41, 5.74) is 0.734. The maximum atomic E-state index is 12.0. The third kappa shape index (κ3) is 2.30. The second-order valence-corrected chi connectivity index (χ2v) is 4.11. The maximum Gasteiger partial charge on any atom is 0.350 e. The highest BCUT2D eigenvalue weighted by atomic mass is 16.2. The van der Waals surface area contributed by atoms with Crippen LogP contribution in [0.5, 0.6) is 0 Å². The minimum atomic E-state index is -0.0812. The molecule has 17 heavy (non-hydrogen) atoms. The molecule has 0 aliphatic carbocycles. The van der Waals surface area contributed by atoms with E-state index in [1.165, 1.54) is 4.68 Å².